The Balaban J connectivity index is 1.43. The minimum Gasteiger partial charge on any atom is -0.204 e. The summed E-state index contributed by atoms with van der Waals surface area (Å²) in [7, 11) is 0. The molecule has 0 aliphatic heterocycles. The lowest BCUT2D eigenvalue weighted by atomic mass is 9.68. The highest BCUT2D eigenvalue weighted by Crippen LogP contribution is 2.45. The maximum absolute atomic E-state index is 13.5. The lowest BCUT2D eigenvalue weighted by Gasteiger charge is -2.37. The number of hydrogen-bond donors (Lipinski definition) is 0. The van der Waals surface area contributed by atoms with E-state index in [0.29, 0.717) is 0 Å². The van der Waals surface area contributed by atoms with Gasteiger partial charge in [0, 0.05) is 5.92 Å². The van der Waals surface area contributed by atoms with Crippen molar-refractivity contribution in [3.8, 4) is 0 Å². The molecule has 2 aliphatic rings. The molecule has 0 amide bonds. The first kappa shape index (κ1) is 18.9. The smallest absolute Gasteiger partial charge is 0.159 e. The molecule has 0 unspecified atom stereocenters. The van der Waals surface area contributed by atoms with Crippen LogP contribution < -0.4 is 0 Å². The van der Waals surface area contributed by atoms with Crippen LogP contribution in [0, 0.1) is 35.3 Å². The predicted octanol–water partition coefficient (Wildman–Crippen LogP) is 7.42. The van der Waals surface area contributed by atoms with E-state index in [0.717, 1.165) is 30.2 Å². The second kappa shape index (κ2) is 9.14. The van der Waals surface area contributed by atoms with Crippen LogP contribution in [0.5, 0.6) is 0 Å². The van der Waals surface area contributed by atoms with Gasteiger partial charge < -0.3 is 0 Å². The monoisotopic (exact) mass is 346 g/mol. The highest BCUT2D eigenvalue weighted by atomic mass is 19.2. The molecule has 2 aliphatic carbocycles. The van der Waals surface area contributed by atoms with Gasteiger partial charge in [0.1, 0.15) is 0 Å². The average molecular weight is 347 g/mol. The van der Waals surface area contributed by atoms with E-state index in [1.165, 1.54) is 82.3 Å². The van der Waals surface area contributed by atoms with Crippen LogP contribution in [0.15, 0.2) is 18.2 Å². The fourth-order valence-electron chi connectivity index (χ4n) is 4.81. The SMILES string of the molecule is CCCCCC1CC[C](C2CC[C](c3ccc(F)c(F)c3)CC2)CC1. The average Bonchev–Trinajstić information content (AvgIpc) is 2.65. The molecule has 3 rings (SSSR count). The second-order valence-electron chi connectivity index (χ2n) is 8.10. The second-order valence-corrected chi connectivity index (χ2v) is 8.10. The Kier molecular flexibility index (Phi) is 6.90. The molecule has 138 valence electrons. The van der Waals surface area contributed by atoms with Gasteiger partial charge in [0.25, 0.3) is 0 Å². The van der Waals surface area contributed by atoms with Gasteiger partial charge in [-0.25, -0.2) is 8.78 Å². The Morgan fingerprint density at radius 3 is 2.24 bits per heavy atom. The minimum absolute atomic E-state index is 0.720. The molecular weight excluding hydrogens is 314 g/mol. The quantitative estimate of drug-likeness (QED) is 0.470. The van der Waals surface area contributed by atoms with E-state index in [1.54, 1.807) is 12.0 Å². The van der Waals surface area contributed by atoms with Gasteiger partial charge in [-0.2, -0.15) is 0 Å². The molecule has 0 N–H and O–H groups in total. The van der Waals surface area contributed by atoms with Gasteiger partial charge in [0.2, 0.25) is 0 Å². The maximum Gasteiger partial charge on any atom is 0.159 e. The van der Waals surface area contributed by atoms with Crippen LogP contribution in [0.2, 0.25) is 0 Å². The van der Waals surface area contributed by atoms with E-state index in [4.69, 9.17) is 0 Å². The lowest BCUT2D eigenvalue weighted by Crippen LogP contribution is -2.24. The molecule has 0 atom stereocenters. The van der Waals surface area contributed by atoms with Crippen molar-refractivity contribution >= 4 is 0 Å². The summed E-state index contributed by atoms with van der Waals surface area (Å²) in [6, 6.07) is 4.38. The predicted molar refractivity (Wildman–Crippen MR) is 100 cm³/mol. The highest BCUT2D eigenvalue weighted by molar-refractivity contribution is 5.32. The number of halogens is 2. The van der Waals surface area contributed by atoms with Gasteiger partial charge in [-0.15, -0.1) is 0 Å². The minimum atomic E-state index is -0.746. The standard InChI is InChI=1S/C23H32F2/c1-2-3-4-5-17-6-8-18(9-7-17)19-10-12-20(13-11-19)21-14-15-22(24)23(25)16-21/h14-17,19H,2-13H2,1H3. The van der Waals surface area contributed by atoms with Crippen molar-refractivity contribution in [1.82, 2.24) is 0 Å². The van der Waals surface area contributed by atoms with E-state index in [1.807, 2.05) is 0 Å². The molecule has 0 nitrogen and oxygen atoms in total. The topological polar surface area (TPSA) is 0 Å². The fourth-order valence-corrected chi connectivity index (χ4v) is 4.81. The molecule has 0 aromatic heterocycles. The van der Waals surface area contributed by atoms with Crippen molar-refractivity contribution in [1.29, 1.82) is 0 Å². The molecule has 2 heteroatoms. The van der Waals surface area contributed by atoms with Gasteiger partial charge in [0.05, 0.1) is 0 Å². The number of hydrogen-bond acceptors (Lipinski definition) is 0. The number of unbranched alkanes of at least 4 members (excludes halogenated alkanes) is 2. The molecule has 0 spiro atoms. The van der Waals surface area contributed by atoms with Crippen molar-refractivity contribution in [3.05, 3.63) is 47.2 Å². The Hall–Kier alpha value is -0.920. The summed E-state index contributed by atoms with van der Waals surface area (Å²) >= 11 is 0. The van der Waals surface area contributed by atoms with Crippen molar-refractivity contribution < 1.29 is 8.78 Å². The van der Waals surface area contributed by atoms with Gasteiger partial charge in [-0.05, 0) is 86.8 Å². The molecule has 2 saturated carbocycles. The zero-order chi connectivity index (χ0) is 17.6. The van der Waals surface area contributed by atoms with E-state index < -0.39 is 11.6 Å². The summed E-state index contributed by atoms with van der Waals surface area (Å²) in [6.07, 6.45) is 15.5. The molecule has 25 heavy (non-hydrogen) atoms. The molecule has 1 aromatic carbocycles. The van der Waals surface area contributed by atoms with Crippen LogP contribution in [0.25, 0.3) is 0 Å². The summed E-state index contributed by atoms with van der Waals surface area (Å²) in [5.41, 5.74) is 0.905. The fraction of sp³-hybridized carbons (Fsp3) is 0.652. The highest BCUT2D eigenvalue weighted by Gasteiger charge is 2.31. The zero-order valence-electron chi connectivity index (χ0n) is 15.6. The first-order chi connectivity index (χ1) is 12.2. The van der Waals surface area contributed by atoms with E-state index in [-0.39, 0.29) is 0 Å². The van der Waals surface area contributed by atoms with Gasteiger partial charge in [-0.3, -0.25) is 0 Å². The van der Waals surface area contributed by atoms with Gasteiger partial charge in [0.15, 0.2) is 11.6 Å². The van der Waals surface area contributed by atoms with Crippen molar-refractivity contribution in [2.75, 3.05) is 0 Å². The van der Waals surface area contributed by atoms with E-state index >= 15 is 0 Å². The third kappa shape index (κ3) is 5.05. The van der Waals surface area contributed by atoms with E-state index in [9.17, 15) is 8.78 Å². The zero-order valence-corrected chi connectivity index (χ0v) is 15.6. The van der Waals surface area contributed by atoms with Crippen LogP contribution in [0.3, 0.4) is 0 Å². The summed E-state index contributed by atoms with van der Waals surface area (Å²) in [4.78, 5) is 0. The summed E-state index contributed by atoms with van der Waals surface area (Å²) in [5.74, 6) is 3.38. The third-order valence-corrected chi connectivity index (χ3v) is 6.46. The van der Waals surface area contributed by atoms with Crippen LogP contribution in [-0.4, -0.2) is 0 Å². The summed E-state index contributed by atoms with van der Waals surface area (Å²) in [5, 5.41) is 0. The summed E-state index contributed by atoms with van der Waals surface area (Å²) in [6.45, 7) is 2.28. The van der Waals surface area contributed by atoms with Crippen LogP contribution >= 0.6 is 0 Å². The van der Waals surface area contributed by atoms with Crippen LogP contribution in [0.4, 0.5) is 8.78 Å². The Morgan fingerprint density at radius 2 is 1.60 bits per heavy atom. The first-order valence-electron chi connectivity index (χ1n) is 10.3. The van der Waals surface area contributed by atoms with Gasteiger partial charge >= 0.3 is 0 Å². The van der Waals surface area contributed by atoms with Crippen molar-refractivity contribution in [2.24, 2.45) is 11.8 Å². The number of benzene rings is 1. The largest absolute Gasteiger partial charge is 0.204 e. The van der Waals surface area contributed by atoms with Crippen LogP contribution in [-0.2, 0) is 0 Å². The Morgan fingerprint density at radius 1 is 0.880 bits per heavy atom. The molecule has 2 fully saturated rings. The van der Waals surface area contributed by atoms with Crippen molar-refractivity contribution in [3.63, 3.8) is 0 Å². The first-order valence-corrected chi connectivity index (χ1v) is 10.3. The van der Waals surface area contributed by atoms with Crippen molar-refractivity contribution in [2.45, 2.75) is 84.0 Å². The van der Waals surface area contributed by atoms with Crippen LogP contribution in [0.1, 0.15) is 89.5 Å². The van der Waals surface area contributed by atoms with Gasteiger partial charge in [-0.1, -0.05) is 38.7 Å². The lowest BCUT2D eigenvalue weighted by molar-refractivity contribution is 0.283. The number of rotatable bonds is 6. The third-order valence-electron chi connectivity index (χ3n) is 6.46. The summed E-state index contributed by atoms with van der Waals surface area (Å²) < 4.78 is 26.6. The molecular formula is C23H32F2. The molecule has 0 saturated heterocycles. The normalized spacial score (nSPS) is 21.7. The molecule has 0 heterocycles. The van der Waals surface area contributed by atoms with E-state index in [2.05, 4.69) is 6.92 Å². The Bertz CT molecular complexity index is 523. The molecule has 2 radical (unpaired) electrons. The Labute approximate surface area is 152 Å². The molecule has 0 bridgehead atoms. The molecule has 1 aromatic rings. The maximum atomic E-state index is 13.5.